The smallest absolute Gasteiger partial charge is 0.0599 e. The van der Waals surface area contributed by atoms with E-state index < -0.39 is 0 Å². The van der Waals surface area contributed by atoms with Gasteiger partial charge in [-0.3, -0.25) is 4.90 Å². The fraction of sp³-hybridized carbons (Fsp3) is 0.833. The van der Waals surface area contributed by atoms with Crippen molar-refractivity contribution >= 4 is 0 Å². The predicted molar refractivity (Wildman–Crippen MR) is 61.1 cm³/mol. The van der Waals surface area contributed by atoms with Crippen molar-refractivity contribution in [3.8, 4) is 12.3 Å². The summed E-state index contributed by atoms with van der Waals surface area (Å²) in [5.41, 5.74) is 0. The summed E-state index contributed by atoms with van der Waals surface area (Å²) in [7, 11) is 0. The van der Waals surface area contributed by atoms with Gasteiger partial charge in [-0.25, -0.2) is 0 Å². The lowest BCUT2D eigenvalue weighted by molar-refractivity contribution is 0.260. The number of nitrogens with zero attached hydrogens (tertiary/aromatic N) is 1. The normalized spacial score (nSPS) is 26.5. The van der Waals surface area contributed by atoms with Gasteiger partial charge in [0, 0.05) is 19.1 Å². The molecule has 0 aromatic heterocycles. The van der Waals surface area contributed by atoms with Crippen LogP contribution >= 0.6 is 0 Å². The molecule has 0 amide bonds. The van der Waals surface area contributed by atoms with Gasteiger partial charge in [-0.1, -0.05) is 26.2 Å². The van der Waals surface area contributed by atoms with E-state index in [1.165, 1.54) is 12.8 Å². The molecule has 0 radical (unpaired) electrons. The van der Waals surface area contributed by atoms with Gasteiger partial charge in [-0.05, 0) is 18.9 Å². The average Bonchev–Trinajstić information content (AvgIpc) is 2.43. The number of hydrogen-bond donors (Lipinski definition) is 1. The molecule has 1 aliphatic rings. The molecule has 1 heterocycles. The molecule has 1 aliphatic heterocycles. The Kier molecular flexibility index (Phi) is 5.00. The summed E-state index contributed by atoms with van der Waals surface area (Å²) in [6, 6.07) is 0.621. The minimum absolute atomic E-state index is 0.621. The summed E-state index contributed by atoms with van der Waals surface area (Å²) in [4.78, 5) is 2.39. The molecular formula is C12H22N2. The molecule has 0 aromatic carbocycles. The SMILES string of the molecule is C#CCN1CCCNC(C(C)CC)C1. The maximum absolute atomic E-state index is 5.35. The van der Waals surface area contributed by atoms with Crippen LogP contribution in [0.5, 0.6) is 0 Å². The summed E-state index contributed by atoms with van der Waals surface area (Å²) < 4.78 is 0. The van der Waals surface area contributed by atoms with Crippen LogP contribution in [0.4, 0.5) is 0 Å². The van der Waals surface area contributed by atoms with Gasteiger partial charge in [0.1, 0.15) is 0 Å². The third-order valence-corrected chi connectivity index (χ3v) is 3.16. The standard InChI is InChI=1S/C12H22N2/c1-4-8-14-9-6-7-13-12(10-14)11(3)5-2/h1,11-13H,5-10H2,2-3H3. The van der Waals surface area contributed by atoms with Crippen molar-refractivity contribution in [2.45, 2.75) is 32.7 Å². The van der Waals surface area contributed by atoms with Crippen LogP contribution < -0.4 is 5.32 Å². The Balaban J connectivity index is 2.47. The van der Waals surface area contributed by atoms with Gasteiger partial charge in [-0.2, -0.15) is 0 Å². The van der Waals surface area contributed by atoms with Gasteiger partial charge in [0.2, 0.25) is 0 Å². The maximum Gasteiger partial charge on any atom is 0.0599 e. The van der Waals surface area contributed by atoms with E-state index in [1.807, 2.05) is 0 Å². The summed E-state index contributed by atoms with van der Waals surface area (Å²) in [6.45, 7) is 8.76. The van der Waals surface area contributed by atoms with Crippen LogP contribution in [0.25, 0.3) is 0 Å². The van der Waals surface area contributed by atoms with Crippen LogP contribution in [0, 0.1) is 18.3 Å². The first-order chi connectivity index (χ1) is 6.77. The molecular weight excluding hydrogens is 172 g/mol. The van der Waals surface area contributed by atoms with E-state index in [2.05, 4.69) is 30.0 Å². The Morgan fingerprint density at radius 1 is 1.64 bits per heavy atom. The Morgan fingerprint density at radius 3 is 3.07 bits per heavy atom. The minimum atomic E-state index is 0.621. The molecule has 2 heteroatoms. The fourth-order valence-corrected chi connectivity index (χ4v) is 1.96. The quantitative estimate of drug-likeness (QED) is 0.682. The summed E-state index contributed by atoms with van der Waals surface area (Å²) in [6.07, 6.45) is 7.81. The molecule has 1 rings (SSSR count). The lowest BCUT2D eigenvalue weighted by Gasteiger charge is -2.26. The van der Waals surface area contributed by atoms with Crippen molar-refractivity contribution < 1.29 is 0 Å². The molecule has 14 heavy (non-hydrogen) atoms. The second-order valence-electron chi connectivity index (χ2n) is 4.24. The Morgan fingerprint density at radius 2 is 2.43 bits per heavy atom. The highest BCUT2D eigenvalue weighted by atomic mass is 15.2. The van der Waals surface area contributed by atoms with Gasteiger partial charge in [0.05, 0.1) is 6.54 Å². The van der Waals surface area contributed by atoms with Crippen molar-refractivity contribution in [1.82, 2.24) is 10.2 Å². The molecule has 0 aromatic rings. The van der Waals surface area contributed by atoms with Crippen LogP contribution in [-0.4, -0.2) is 37.1 Å². The zero-order valence-corrected chi connectivity index (χ0v) is 9.42. The molecule has 2 atom stereocenters. The third-order valence-electron chi connectivity index (χ3n) is 3.16. The average molecular weight is 194 g/mol. The van der Waals surface area contributed by atoms with Crippen molar-refractivity contribution in [2.24, 2.45) is 5.92 Å². The fourth-order valence-electron chi connectivity index (χ4n) is 1.96. The lowest BCUT2D eigenvalue weighted by Crippen LogP contribution is -2.42. The molecule has 0 saturated carbocycles. The van der Waals surface area contributed by atoms with E-state index in [1.54, 1.807) is 0 Å². The number of rotatable bonds is 3. The van der Waals surface area contributed by atoms with Crippen LogP contribution in [0.15, 0.2) is 0 Å². The number of nitrogens with one attached hydrogen (secondary N) is 1. The zero-order valence-electron chi connectivity index (χ0n) is 9.42. The molecule has 1 saturated heterocycles. The second-order valence-corrected chi connectivity index (χ2v) is 4.24. The third kappa shape index (κ3) is 3.32. The Labute approximate surface area is 88.1 Å². The molecule has 0 aliphatic carbocycles. The first-order valence-electron chi connectivity index (χ1n) is 5.67. The van der Waals surface area contributed by atoms with Crippen molar-refractivity contribution in [1.29, 1.82) is 0 Å². The Hall–Kier alpha value is -0.520. The molecule has 80 valence electrons. The van der Waals surface area contributed by atoms with E-state index in [0.717, 1.165) is 32.1 Å². The molecule has 2 nitrogen and oxygen atoms in total. The van der Waals surface area contributed by atoms with Crippen LogP contribution in [0.1, 0.15) is 26.7 Å². The summed E-state index contributed by atoms with van der Waals surface area (Å²) in [5.74, 6) is 3.48. The van der Waals surface area contributed by atoms with E-state index in [0.29, 0.717) is 6.04 Å². The second kappa shape index (κ2) is 6.06. The number of hydrogen-bond acceptors (Lipinski definition) is 2. The molecule has 1 fully saturated rings. The van der Waals surface area contributed by atoms with Gasteiger partial charge < -0.3 is 5.32 Å². The topological polar surface area (TPSA) is 15.3 Å². The van der Waals surface area contributed by atoms with E-state index in [4.69, 9.17) is 6.42 Å². The monoisotopic (exact) mass is 194 g/mol. The zero-order chi connectivity index (χ0) is 10.4. The molecule has 0 spiro atoms. The summed E-state index contributed by atoms with van der Waals surface area (Å²) in [5, 5.41) is 3.61. The number of terminal acetylenes is 1. The maximum atomic E-state index is 5.35. The highest BCUT2D eigenvalue weighted by molar-refractivity contribution is 4.91. The van der Waals surface area contributed by atoms with E-state index >= 15 is 0 Å². The molecule has 0 bridgehead atoms. The van der Waals surface area contributed by atoms with Crippen molar-refractivity contribution in [2.75, 3.05) is 26.2 Å². The highest BCUT2D eigenvalue weighted by Crippen LogP contribution is 2.11. The van der Waals surface area contributed by atoms with Gasteiger partial charge in [0.15, 0.2) is 0 Å². The minimum Gasteiger partial charge on any atom is -0.312 e. The van der Waals surface area contributed by atoms with Crippen molar-refractivity contribution in [3.63, 3.8) is 0 Å². The van der Waals surface area contributed by atoms with Gasteiger partial charge >= 0.3 is 0 Å². The molecule has 2 unspecified atom stereocenters. The van der Waals surface area contributed by atoms with E-state index in [-0.39, 0.29) is 0 Å². The highest BCUT2D eigenvalue weighted by Gasteiger charge is 2.20. The van der Waals surface area contributed by atoms with Crippen molar-refractivity contribution in [3.05, 3.63) is 0 Å². The van der Waals surface area contributed by atoms with Crippen LogP contribution in [0.2, 0.25) is 0 Å². The lowest BCUT2D eigenvalue weighted by atomic mass is 9.99. The van der Waals surface area contributed by atoms with Crippen LogP contribution in [0.3, 0.4) is 0 Å². The van der Waals surface area contributed by atoms with Crippen LogP contribution in [-0.2, 0) is 0 Å². The first kappa shape index (κ1) is 11.6. The Bertz CT molecular complexity index is 195. The molecule has 1 N–H and O–H groups in total. The largest absolute Gasteiger partial charge is 0.312 e. The summed E-state index contributed by atoms with van der Waals surface area (Å²) >= 11 is 0. The van der Waals surface area contributed by atoms with Gasteiger partial charge in [0.25, 0.3) is 0 Å². The van der Waals surface area contributed by atoms with Gasteiger partial charge in [-0.15, -0.1) is 6.42 Å². The van der Waals surface area contributed by atoms with E-state index in [9.17, 15) is 0 Å². The first-order valence-corrected chi connectivity index (χ1v) is 5.67. The predicted octanol–water partition coefficient (Wildman–Crippen LogP) is 1.33.